The fourth-order valence-electron chi connectivity index (χ4n) is 2.85. The van der Waals surface area contributed by atoms with Crippen LogP contribution in [0.4, 0.5) is 0 Å². The average Bonchev–Trinajstić information content (AvgIpc) is 2.63. The Bertz CT molecular complexity index is 912. The number of benzene rings is 2. The van der Waals surface area contributed by atoms with Crippen LogP contribution in [-0.2, 0) is 0 Å². The minimum absolute atomic E-state index is 0.117. The van der Waals surface area contributed by atoms with E-state index in [1.807, 2.05) is 40.8 Å². The minimum Gasteiger partial charge on any atom is -0.491 e. The highest BCUT2D eigenvalue weighted by atomic mass is 127. The van der Waals surface area contributed by atoms with Crippen molar-refractivity contribution in [2.45, 2.75) is 0 Å². The topological polar surface area (TPSA) is 63.6 Å². The maximum Gasteiger partial charge on any atom is 0.200 e. The fraction of sp³-hybridized carbons (Fsp3) is 0.100. The number of ether oxygens (including phenoxy) is 1. The molecule has 1 aliphatic rings. The van der Waals surface area contributed by atoms with E-state index in [-0.39, 0.29) is 24.8 Å². The first-order valence-electron chi connectivity index (χ1n) is 7.67. The van der Waals surface area contributed by atoms with Gasteiger partial charge in [0, 0.05) is 28.3 Å². The summed E-state index contributed by atoms with van der Waals surface area (Å²) < 4.78 is 6.00. The maximum absolute atomic E-state index is 12.8. The van der Waals surface area contributed by atoms with Gasteiger partial charge in [0.25, 0.3) is 0 Å². The third-order valence-corrected chi connectivity index (χ3v) is 4.73. The van der Waals surface area contributed by atoms with Crippen molar-refractivity contribution in [1.29, 1.82) is 0 Å². The molecule has 0 spiro atoms. The van der Waals surface area contributed by atoms with Gasteiger partial charge in [-0.3, -0.25) is 9.59 Å². The van der Waals surface area contributed by atoms with Crippen LogP contribution in [0.15, 0.2) is 52.6 Å². The van der Waals surface area contributed by atoms with Crippen LogP contribution in [0.2, 0.25) is 0 Å². The monoisotopic (exact) mass is 446 g/mol. The van der Waals surface area contributed by atoms with Gasteiger partial charge >= 0.3 is 0 Å². The summed E-state index contributed by atoms with van der Waals surface area (Å²) in [5.41, 5.74) is 2.81. The lowest BCUT2D eigenvalue weighted by molar-refractivity contribution is 0.0993. The molecule has 1 N–H and O–H groups in total. The number of aliphatic hydroxyl groups is 1. The lowest BCUT2D eigenvalue weighted by Gasteiger charge is -2.20. The summed E-state index contributed by atoms with van der Waals surface area (Å²) in [6.07, 6.45) is 3.01. The zero-order valence-corrected chi connectivity index (χ0v) is 15.4. The number of halogens is 1. The van der Waals surface area contributed by atoms with Gasteiger partial charge < -0.3 is 9.84 Å². The molecule has 0 aromatic heterocycles. The Kier molecular flexibility index (Phi) is 5.15. The van der Waals surface area contributed by atoms with Crippen LogP contribution in [0.3, 0.4) is 0 Å². The predicted molar refractivity (Wildman–Crippen MR) is 105 cm³/mol. The summed E-state index contributed by atoms with van der Waals surface area (Å²) in [5.74, 6) is 0.161. The molecule has 4 nitrogen and oxygen atoms in total. The van der Waals surface area contributed by atoms with Gasteiger partial charge in [-0.2, -0.15) is 0 Å². The predicted octanol–water partition coefficient (Wildman–Crippen LogP) is 4.07. The largest absolute Gasteiger partial charge is 0.491 e. The molecular weight excluding hydrogens is 431 g/mol. The molecule has 0 aliphatic heterocycles. The van der Waals surface area contributed by atoms with Crippen LogP contribution >= 0.6 is 22.6 Å². The molecule has 0 unspecified atom stereocenters. The van der Waals surface area contributed by atoms with Crippen LogP contribution in [0.5, 0.6) is 5.75 Å². The van der Waals surface area contributed by atoms with Gasteiger partial charge in [-0.15, -0.1) is 0 Å². The lowest BCUT2D eigenvalue weighted by atomic mass is 9.84. The van der Waals surface area contributed by atoms with E-state index in [0.29, 0.717) is 31.6 Å². The Labute approximate surface area is 159 Å². The van der Waals surface area contributed by atoms with E-state index in [1.54, 1.807) is 24.3 Å². The SMILES string of the molecule is C=Cc1ccc2c(c1-c1ccccc1OCCO)C(=O)C(I)=CC2=O. The number of para-hydroxylation sites is 1. The molecule has 2 aromatic rings. The van der Waals surface area contributed by atoms with Crippen LogP contribution in [0.1, 0.15) is 26.3 Å². The Morgan fingerprint density at radius 2 is 1.84 bits per heavy atom. The molecule has 0 bridgehead atoms. The second-order valence-corrected chi connectivity index (χ2v) is 6.57. The number of Topliss-reactive ketones (excluding diaryl/α,β-unsaturated/α-hetero) is 1. The molecule has 3 rings (SSSR count). The van der Waals surface area contributed by atoms with Gasteiger partial charge in [0.2, 0.25) is 5.78 Å². The number of carbonyl (C=O) groups excluding carboxylic acids is 2. The number of hydrogen-bond acceptors (Lipinski definition) is 4. The van der Waals surface area contributed by atoms with Crippen molar-refractivity contribution in [2.24, 2.45) is 0 Å². The summed E-state index contributed by atoms with van der Waals surface area (Å²) in [6.45, 7) is 3.85. The first kappa shape index (κ1) is 17.6. The van der Waals surface area contributed by atoms with Crippen molar-refractivity contribution in [3.8, 4) is 16.9 Å². The normalized spacial score (nSPS) is 13.3. The summed E-state index contributed by atoms with van der Waals surface area (Å²) in [5, 5.41) is 9.04. The van der Waals surface area contributed by atoms with Crippen LogP contribution in [-0.4, -0.2) is 29.9 Å². The van der Waals surface area contributed by atoms with E-state index in [0.717, 1.165) is 5.56 Å². The Morgan fingerprint density at radius 3 is 2.56 bits per heavy atom. The highest BCUT2D eigenvalue weighted by Gasteiger charge is 2.29. The van der Waals surface area contributed by atoms with Gasteiger partial charge in [-0.25, -0.2) is 0 Å². The highest BCUT2D eigenvalue weighted by Crippen LogP contribution is 2.40. The Morgan fingerprint density at radius 1 is 1.08 bits per heavy atom. The molecule has 0 atom stereocenters. The lowest BCUT2D eigenvalue weighted by Crippen LogP contribution is -2.16. The smallest absolute Gasteiger partial charge is 0.200 e. The van der Waals surface area contributed by atoms with Crippen molar-refractivity contribution in [3.63, 3.8) is 0 Å². The van der Waals surface area contributed by atoms with Crippen molar-refractivity contribution in [2.75, 3.05) is 13.2 Å². The molecule has 2 aromatic carbocycles. The number of rotatable bonds is 5. The first-order chi connectivity index (χ1) is 12.1. The standard InChI is InChI=1S/C20H15IO4/c1-2-12-7-8-13-16(23)11-15(21)20(24)19(13)18(12)14-5-3-4-6-17(14)25-10-9-22/h2-8,11,22H,1,9-10H2. The Balaban J connectivity index is 2.32. The molecule has 126 valence electrons. The second-order valence-electron chi connectivity index (χ2n) is 5.41. The van der Waals surface area contributed by atoms with E-state index in [1.165, 1.54) is 6.08 Å². The number of aliphatic hydroxyl groups excluding tert-OH is 1. The molecule has 5 heteroatoms. The van der Waals surface area contributed by atoms with Gasteiger partial charge in [0.15, 0.2) is 5.78 Å². The molecule has 0 amide bonds. The average molecular weight is 446 g/mol. The van der Waals surface area contributed by atoms with E-state index < -0.39 is 0 Å². The second kappa shape index (κ2) is 7.33. The quantitative estimate of drug-likeness (QED) is 0.704. The van der Waals surface area contributed by atoms with Gasteiger partial charge in [-0.05, 0) is 40.3 Å². The zero-order chi connectivity index (χ0) is 18.0. The molecule has 0 fully saturated rings. The molecule has 0 saturated heterocycles. The first-order valence-corrected chi connectivity index (χ1v) is 8.75. The summed E-state index contributed by atoms with van der Waals surface area (Å²) in [6, 6.07) is 10.7. The van der Waals surface area contributed by atoms with Gasteiger partial charge in [-0.1, -0.05) is 36.9 Å². The zero-order valence-electron chi connectivity index (χ0n) is 13.3. The molecular formula is C20H15IO4. The van der Waals surface area contributed by atoms with Crippen molar-refractivity contribution < 1.29 is 19.4 Å². The van der Waals surface area contributed by atoms with Gasteiger partial charge in [0.1, 0.15) is 12.4 Å². The summed E-state index contributed by atoms with van der Waals surface area (Å²) >= 11 is 1.89. The number of hydrogen-bond donors (Lipinski definition) is 1. The summed E-state index contributed by atoms with van der Waals surface area (Å²) in [4.78, 5) is 25.2. The number of carbonyl (C=O) groups is 2. The van der Waals surface area contributed by atoms with Crippen molar-refractivity contribution in [3.05, 3.63) is 69.3 Å². The number of allylic oxidation sites excluding steroid dienone is 2. The molecule has 0 radical (unpaired) electrons. The Hall–Kier alpha value is -2.25. The molecule has 25 heavy (non-hydrogen) atoms. The summed E-state index contributed by atoms with van der Waals surface area (Å²) in [7, 11) is 0. The maximum atomic E-state index is 12.8. The minimum atomic E-state index is -0.190. The van der Waals surface area contributed by atoms with E-state index in [9.17, 15) is 9.59 Å². The third kappa shape index (κ3) is 3.17. The molecule has 0 heterocycles. The van der Waals surface area contributed by atoms with Crippen LogP contribution in [0.25, 0.3) is 17.2 Å². The van der Waals surface area contributed by atoms with Crippen LogP contribution < -0.4 is 4.74 Å². The van der Waals surface area contributed by atoms with Crippen LogP contribution in [0, 0.1) is 0 Å². The number of ketones is 2. The van der Waals surface area contributed by atoms with E-state index in [2.05, 4.69) is 6.58 Å². The van der Waals surface area contributed by atoms with E-state index >= 15 is 0 Å². The molecule has 0 saturated carbocycles. The van der Waals surface area contributed by atoms with E-state index in [4.69, 9.17) is 9.84 Å². The van der Waals surface area contributed by atoms with Crippen molar-refractivity contribution in [1.82, 2.24) is 0 Å². The third-order valence-electron chi connectivity index (χ3n) is 3.93. The fourth-order valence-corrected chi connectivity index (χ4v) is 3.41. The van der Waals surface area contributed by atoms with Gasteiger partial charge in [0.05, 0.1) is 10.2 Å². The van der Waals surface area contributed by atoms with Crippen molar-refractivity contribution >= 4 is 40.2 Å². The number of fused-ring (bicyclic) bond motifs is 1. The highest BCUT2D eigenvalue weighted by molar-refractivity contribution is 14.1. The molecule has 1 aliphatic carbocycles.